The Labute approximate surface area is 310 Å². The normalized spacial score (nSPS) is 14.6. The first-order valence-corrected chi connectivity index (χ1v) is 22.5. The minimum absolute atomic E-state index is 0.0132. The zero-order valence-corrected chi connectivity index (χ0v) is 34.5. The lowest BCUT2D eigenvalue weighted by molar-refractivity contribution is -0.870. The summed E-state index contributed by atoms with van der Waals surface area (Å²) in [6.07, 6.45) is 36.4. The maximum atomic E-state index is 12.8. The molecule has 298 valence electrons. The Morgan fingerprint density at radius 1 is 0.680 bits per heavy atom. The Balaban J connectivity index is 4.27. The fraction of sp³-hybridized carbons (Fsp3) is 0.927. The van der Waals surface area contributed by atoms with E-state index in [1.54, 1.807) is 0 Å². The monoisotopic (exact) mass is 731 g/mol. The Morgan fingerprint density at radius 3 is 1.56 bits per heavy atom. The summed E-state index contributed by atoms with van der Waals surface area (Å²) >= 11 is 0. The van der Waals surface area contributed by atoms with Crippen molar-refractivity contribution in [3.63, 3.8) is 0 Å². The summed E-state index contributed by atoms with van der Waals surface area (Å²) in [5, 5.41) is 13.8. The van der Waals surface area contributed by atoms with Gasteiger partial charge in [-0.2, -0.15) is 0 Å². The molecule has 9 heteroatoms. The van der Waals surface area contributed by atoms with E-state index in [1.165, 1.54) is 128 Å². The molecule has 0 aromatic heterocycles. The highest BCUT2D eigenvalue weighted by Gasteiger charge is 2.24. The lowest BCUT2D eigenvalue weighted by atomic mass is 10.0. The van der Waals surface area contributed by atoms with Crippen LogP contribution in [0.15, 0.2) is 12.2 Å². The smallest absolute Gasteiger partial charge is 0.268 e. The molecule has 8 nitrogen and oxygen atoms in total. The van der Waals surface area contributed by atoms with E-state index in [0.29, 0.717) is 23.9 Å². The summed E-state index contributed by atoms with van der Waals surface area (Å²) in [7, 11) is 1.30. The SMILES string of the molecule is CCCCCCCC/C=C\CCCCCCCCCCCC(=O)NC(COP(=O)([O-])OCC[N+](C)(C)C)C(O)CCCCCCCCCCC. The summed E-state index contributed by atoms with van der Waals surface area (Å²) in [5.41, 5.74) is 0. The molecule has 0 heterocycles. The summed E-state index contributed by atoms with van der Waals surface area (Å²) in [4.78, 5) is 25.2. The van der Waals surface area contributed by atoms with Gasteiger partial charge in [0.1, 0.15) is 13.2 Å². The number of nitrogens with zero attached hydrogens (tertiary/aromatic N) is 1. The molecule has 0 bridgehead atoms. The van der Waals surface area contributed by atoms with Gasteiger partial charge < -0.3 is 28.8 Å². The average Bonchev–Trinajstić information content (AvgIpc) is 3.06. The third-order valence-corrected chi connectivity index (χ3v) is 10.5. The number of quaternary nitrogens is 1. The lowest BCUT2D eigenvalue weighted by Gasteiger charge is -2.30. The van der Waals surface area contributed by atoms with Gasteiger partial charge in [-0.3, -0.25) is 9.36 Å². The van der Waals surface area contributed by atoms with Gasteiger partial charge in [0.05, 0.1) is 39.9 Å². The van der Waals surface area contributed by atoms with Crippen LogP contribution in [-0.2, 0) is 18.4 Å². The van der Waals surface area contributed by atoms with Crippen molar-refractivity contribution in [2.24, 2.45) is 0 Å². The molecule has 0 rings (SSSR count). The maximum Gasteiger partial charge on any atom is 0.268 e. The van der Waals surface area contributed by atoms with Gasteiger partial charge in [0.2, 0.25) is 5.91 Å². The van der Waals surface area contributed by atoms with Crippen molar-refractivity contribution in [2.75, 3.05) is 40.9 Å². The highest BCUT2D eigenvalue weighted by molar-refractivity contribution is 7.45. The molecule has 0 saturated carbocycles. The Kier molecular flexibility index (Phi) is 33.5. The van der Waals surface area contributed by atoms with Crippen LogP contribution < -0.4 is 10.2 Å². The number of phosphoric acid groups is 1. The first-order valence-electron chi connectivity index (χ1n) is 21.0. The zero-order valence-electron chi connectivity index (χ0n) is 33.6. The van der Waals surface area contributed by atoms with E-state index in [4.69, 9.17) is 9.05 Å². The standard InChI is InChI=1S/C41H83N2O6P/c1-6-8-10-12-14-16-17-18-19-20-21-22-23-24-25-27-29-31-33-35-41(45)42-39(38-49-50(46,47)48-37-36-43(3,4)5)40(44)34-32-30-28-26-15-13-11-9-7-2/h18-19,39-40,44H,6-17,20-38H2,1-5H3,(H-,42,45,46,47)/b19-18-. The van der Waals surface area contributed by atoms with Crippen LogP contribution in [0, 0.1) is 0 Å². The highest BCUT2D eigenvalue weighted by Crippen LogP contribution is 2.38. The van der Waals surface area contributed by atoms with Gasteiger partial charge in [0, 0.05) is 6.42 Å². The molecule has 2 N–H and O–H groups in total. The minimum Gasteiger partial charge on any atom is -0.756 e. The van der Waals surface area contributed by atoms with Crippen LogP contribution in [0.5, 0.6) is 0 Å². The molecule has 0 aromatic rings. The van der Waals surface area contributed by atoms with Crippen molar-refractivity contribution in [3.8, 4) is 0 Å². The second-order valence-corrected chi connectivity index (χ2v) is 17.1. The molecular weight excluding hydrogens is 647 g/mol. The van der Waals surface area contributed by atoms with Gasteiger partial charge in [0.25, 0.3) is 7.82 Å². The molecule has 0 aliphatic rings. The molecule has 0 saturated heterocycles. The van der Waals surface area contributed by atoms with E-state index in [9.17, 15) is 19.4 Å². The number of hydrogen-bond acceptors (Lipinski definition) is 6. The molecule has 0 aliphatic heterocycles. The molecule has 0 aliphatic carbocycles. The molecule has 0 fully saturated rings. The number of phosphoric ester groups is 1. The molecule has 50 heavy (non-hydrogen) atoms. The van der Waals surface area contributed by atoms with Gasteiger partial charge in [-0.1, -0.05) is 161 Å². The fourth-order valence-electron chi connectivity index (χ4n) is 6.09. The topological polar surface area (TPSA) is 108 Å². The number of unbranched alkanes of at least 4 members (excludes halogenated alkanes) is 23. The molecule has 0 aromatic carbocycles. The Morgan fingerprint density at radius 2 is 1.10 bits per heavy atom. The second kappa shape index (κ2) is 34.0. The van der Waals surface area contributed by atoms with Gasteiger partial charge in [-0.15, -0.1) is 0 Å². The Hall–Kier alpha value is -0.760. The van der Waals surface area contributed by atoms with E-state index in [1.807, 2.05) is 21.1 Å². The van der Waals surface area contributed by atoms with Crippen LogP contribution in [-0.4, -0.2) is 68.5 Å². The van der Waals surface area contributed by atoms with Gasteiger partial charge >= 0.3 is 0 Å². The van der Waals surface area contributed by atoms with Crippen LogP contribution in [0.3, 0.4) is 0 Å². The van der Waals surface area contributed by atoms with Crippen LogP contribution in [0.25, 0.3) is 0 Å². The van der Waals surface area contributed by atoms with E-state index < -0.39 is 20.0 Å². The predicted octanol–water partition coefficient (Wildman–Crippen LogP) is 10.6. The van der Waals surface area contributed by atoms with Crippen molar-refractivity contribution in [3.05, 3.63) is 12.2 Å². The van der Waals surface area contributed by atoms with Crippen LogP contribution in [0.1, 0.15) is 194 Å². The molecular formula is C41H83N2O6P. The lowest BCUT2D eigenvalue weighted by Crippen LogP contribution is -2.46. The number of allylic oxidation sites excluding steroid dienone is 2. The van der Waals surface area contributed by atoms with Crippen molar-refractivity contribution < 1.29 is 32.9 Å². The van der Waals surface area contributed by atoms with Crippen LogP contribution in [0.4, 0.5) is 0 Å². The van der Waals surface area contributed by atoms with Crippen molar-refractivity contribution in [1.29, 1.82) is 0 Å². The average molecular weight is 731 g/mol. The first kappa shape index (κ1) is 49.2. The fourth-order valence-corrected chi connectivity index (χ4v) is 6.81. The highest BCUT2D eigenvalue weighted by atomic mass is 31.2. The van der Waals surface area contributed by atoms with Crippen molar-refractivity contribution >= 4 is 13.7 Å². The first-order chi connectivity index (χ1) is 24.0. The number of nitrogens with one attached hydrogen (secondary N) is 1. The summed E-state index contributed by atoms with van der Waals surface area (Å²) in [6, 6.07) is -0.795. The largest absolute Gasteiger partial charge is 0.756 e. The number of hydrogen-bond donors (Lipinski definition) is 2. The molecule has 3 atom stereocenters. The number of amides is 1. The third-order valence-electron chi connectivity index (χ3n) is 9.50. The molecule has 0 radical (unpaired) electrons. The van der Waals surface area contributed by atoms with Crippen molar-refractivity contribution in [1.82, 2.24) is 5.32 Å². The minimum atomic E-state index is -4.55. The van der Waals surface area contributed by atoms with Gasteiger partial charge in [-0.05, 0) is 38.5 Å². The maximum absolute atomic E-state index is 12.8. The zero-order chi connectivity index (χ0) is 37.2. The number of carbonyl (C=O) groups excluding carboxylic acids is 1. The van der Waals surface area contributed by atoms with E-state index in [-0.39, 0.29) is 19.1 Å². The van der Waals surface area contributed by atoms with Gasteiger partial charge in [-0.25, -0.2) is 0 Å². The molecule has 3 unspecified atom stereocenters. The molecule has 1 amide bonds. The number of carbonyl (C=O) groups is 1. The van der Waals surface area contributed by atoms with Gasteiger partial charge in [0.15, 0.2) is 0 Å². The number of likely N-dealkylation sites (N-methyl/N-ethyl adjacent to an activating group) is 1. The summed E-state index contributed by atoms with van der Waals surface area (Å²) in [5.74, 6) is -0.169. The quantitative estimate of drug-likeness (QED) is 0.0283. The second-order valence-electron chi connectivity index (χ2n) is 15.7. The Bertz CT molecular complexity index is 834. The van der Waals surface area contributed by atoms with Crippen LogP contribution >= 0.6 is 7.82 Å². The van der Waals surface area contributed by atoms with Crippen molar-refractivity contribution in [2.45, 2.75) is 206 Å². The summed E-state index contributed by atoms with van der Waals surface area (Å²) in [6.45, 7) is 4.69. The summed E-state index contributed by atoms with van der Waals surface area (Å²) < 4.78 is 23.2. The number of aliphatic hydroxyl groups excluding tert-OH is 1. The predicted molar refractivity (Wildman–Crippen MR) is 210 cm³/mol. The number of aliphatic hydroxyl groups is 1. The number of rotatable bonds is 38. The third kappa shape index (κ3) is 35.6. The van der Waals surface area contributed by atoms with E-state index >= 15 is 0 Å². The van der Waals surface area contributed by atoms with E-state index in [0.717, 1.165) is 38.5 Å². The van der Waals surface area contributed by atoms with Crippen LogP contribution in [0.2, 0.25) is 0 Å². The molecule has 0 spiro atoms. The van der Waals surface area contributed by atoms with E-state index in [2.05, 4.69) is 31.3 Å².